The van der Waals surface area contributed by atoms with Gasteiger partial charge in [0.05, 0.1) is 6.61 Å². The topological polar surface area (TPSA) is 61.9 Å². The lowest BCUT2D eigenvalue weighted by molar-refractivity contribution is -0.126. The lowest BCUT2D eigenvalue weighted by atomic mass is 9.93. The van der Waals surface area contributed by atoms with Gasteiger partial charge in [0, 0.05) is 31.6 Å². The SMILES string of the molecule is CCOC(=O)N1CCC[C@@H](N2CCC(C(=O)NCC(C)C)CC2)CC1. The molecule has 2 aliphatic heterocycles. The second-order valence-electron chi connectivity index (χ2n) is 7.72. The molecule has 2 aliphatic rings. The lowest BCUT2D eigenvalue weighted by Gasteiger charge is -2.37. The Balaban J connectivity index is 1.75. The fourth-order valence-corrected chi connectivity index (χ4v) is 3.82. The molecule has 2 fully saturated rings. The average molecular weight is 354 g/mol. The highest BCUT2D eigenvalue weighted by Gasteiger charge is 2.30. The van der Waals surface area contributed by atoms with Crippen molar-refractivity contribution in [3.63, 3.8) is 0 Å². The zero-order valence-corrected chi connectivity index (χ0v) is 16.1. The Hall–Kier alpha value is -1.30. The van der Waals surface area contributed by atoms with Crippen LogP contribution in [0.4, 0.5) is 4.79 Å². The Morgan fingerprint density at radius 1 is 1.08 bits per heavy atom. The minimum atomic E-state index is -0.177. The van der Waals surface area contributed by atoms with Gasteiger partial charge in [0.25, 0.3) is 0 Å². The quantitative estimate of drug-likeness (QED) is 0.825. The van der Waals surface area contributed by atoms with Crippen LogP contribution in [0.3, 0.4) is 0 Å². The van der Waals surface area contributed by atoms with E-state index in [1.807, 2.05) is 11.8 Å². The molecule has 0 aliphatic carbocycles. The molecule has 2 heterocycles. The minimum Gasteiger partial charge on any atom is -0.450 e. The van der Waals surface area contributed by atoms with Gasteiger partial charge in [0.2, 0.25) is 5.91 Å². The van der Waals surface area contributed by atoms with Crippen molar-refractivity contribution in [2.75, 3.05) is 39.3 Å². The number of ether oxygens (including phenoxy) is 1. The highest BCUT2D eigenvalue weighted by molar-refractivity contribution is 5.78. The van der Waals surface area contributed by atoms with Gasteiger partial charge in [-0.3, -0.25) is 4.79 Å². The van der Waals surface area contributed by atoms with Crippen LogP contribution in [0.25, 0.3) is 0 Å². The average Bonchev–Trinajstić information content (AvgIpc) is 2.86. The Morgan fingerprint density at radius 3 is 2.44 bits per heavy atom. The van der Waals surface area contributed by atoms with Crippen molar-refractivity contribution in [2.24, 2.45) is 11.8 Å². The summed E-state index contributed by atoms with van der Waals surface area (Å²) < 4.78 is 5.13. The molecule has 2 saturated heterocycles. The normalized spacial score (nSPS) is 23.4. The third kappa shape index (κ3) is 6.17. The van der Waals surface area contributed by atoms with E-state index in [4.69, 9.17) is 4.74 Å². The van der Waals surface area contributed by atoms with Crippen molar-refractivity contribution >= 4 is 12.0 Å². The van der Waals surface area contributed by atoms with E-state index in [0.29, 0.717) is 18.6 Å². The number of hydrogen-bond acceptors (Lipinski definition) is 4. The molecular weight excluding hydrogens is 318 g/mol. The molecule has 1 N–H and O–H groups in total. The van der Waals surface area contributed by atoms with E-state index in [2.05, 4.69) is 24.1 Å². The van der Waals surface area contributed by atoms with E-state index in [1.165, 1.54) is 0 Å². The highest BCUT2D eigenvalue weighted by Crippen LogP contribution is 2.24. The van der Waals surface area contributed by atoms with Crippen LogP contribution in [0, 0.1) is 11.8 Å². The molecule has 0 saturated carbocycles. The molecule has 0 radical (unpaired) electrons. The monoisotopic (exact) mass is 353 g/mol. The first-order chi connectivity index (χ1) is 12.0. The van der Waals surface area contributed by atoms with Gasteiger partial charge in [0.15, 0.2) is 0 Å². The summed E-state index contributed by atoms with van der Waals surface area (Å²) in [6, 6.07) is 0.527. The Labute approximate surface area is 152 Å². The summed E-state index contributed by atoms with van der Waals surface area (Å²) in [5.41, 5.74) is 0. The summed E-state index contributed by atoms with van der Waals surface area (Å²) in [5, 5.41) is 3.07. The first-order valence-corrected chi connectivity index (χ1v) is 9.94. The maximum atomic E-state index is 12.2. The van der Waals surface area contributed by atoms with E-state index >= 15 is 0 Å². The van der Waals surface area contributed by atoms with Crippen LogP contribution in [0.5, 0.6) is 0 Å². The summed E-state index contributed by atoms with van der Waals surface area (Å²) in [6.45, 7) is 10.8. The molecule has 0 aromatic rings. The fourth-order valence-electron chi connectivity index (χ4n) is 3.82. The molecule has 0 bridgehead atoms. The second-order valence-corrected chi connectivity index (χ2v) is 7.72. The number of carbonyl (C=O) groups is 2. The molecule has 1 atom stereocenters. The maximum absolute atomic E-state index is 12.2. The lowest BCUT2D eigenvalue weighted by Crippen LogP contribution is -2.45. The number of likely N-dealkylation sites (tertiary alicyclic amines) is 2. The first kappa shape index (κ1) is 20.0. The minimum absolute atomic E-state index is 0.164. The third-order valence-electron chi connectivity index (χ3n) is 5.32. The molecule has 0 unspecified atom stereocenters. The number of carbonyl (C=O) groups excluding carboxylic acids is 2. The van der Waals surface area contributed by atoms with E-state index < -0.39 is 0 Å². The first-order valence-electron chi connectivity index (χ1n) is 9.94. The Bertz CT molecular complexity index is 434. The molecule has 6 nitrogen and oxygen atoms in total. The number of piperidine rings is 1. The van der Waals surface area contributed by atoms with Gasteiger partial charge in [-0.15, -0.1) is 0 Å². The molecule has 0 aromatic heterocycles. The van der Waals surface area contributed by atoms with Gasteiger partial charge in [-0.2, -0.15) is 0 Å². The van der Waals surface area contributed by atoms with E-state index in [9.17, 15) is 9.59 Å². The second kappa shape index (κ2) is 10.00. The van der Waals surface area contributed by atoms with Crippen molar-refractivity contribution < 1.29 is 14.3 Å². The number of rotatable bonds is 5. The Morgan fingerprint density at radius 2 is 1.80 bits per heavy atom. The third-order valence-corrected chi connectivity index (χ3v) is 5.32. The number of nitrogens with zero attached hydrogens (tertiary/aromatic N) is 2. The van der Waals surface area contributed by atoms with E-state index in [1.54, 1.807) is 0 Å². The van der Waals surface area contributed by atoms with Crippen molar-refractivity contribution in [2.45, 2.75) is 58.9 Å². The zero-order chi connectivity index (χ0) is 18.2. The van der Waals surface area contributed by atoms with Crippen LogP contribution in [-0.4, -0.2) is 67.2 Å². The van der Waals surface area contributed by atoms with Gasteiger partial charge in [-0.05, 0) is 58.0 Å². The number of amides is 2. The number of hydrogen-bond donors (Lipinski definition) is 1. The highest BCUT2D eigenvalue weighted by atomic mass is 16.6. The van der Waals surface area contributed by atoms with Gasteiger partial charge < -0.3 is 19.9 Å². The van der Waals surface area contributed by atoms with Crippen LogP contribution in [0.1, 0.15) is 52.9 Å². The smallest absolute Gasteiger partial charge is 0.409 e. The standard InChI is InChI=1S/C19H35N3O3/c1-4-25-19(24)22-10-5-6-17(9-13-22)21-11-7-16(8-12-21)18(23)20-14-15(2)3/h15-17H,4-14H2,1-3H3,(H,20,23)/t17-/m1/s1. The summed E-state index contributed by atoms with van der Waals surface area (Å²) >= 11 is 0. The predicted molar refractivity (Wildman–Crippen MR) is 98.4 cm³/mol. The van der Waals surface area contributed by atoms with Crippen molar-refractivity contribution in [1.29, 1.82) is 0 Å². The molecule has 2 amide bonds. The molecule has 144 valence electrons. The molecule has 6 heteroatoms. The summed E-state index contributed by atoms with van der Waals surface area (Å²) in [4.78, 5) is 28.5. The molecule has 0 spiro atoms. The van der Waals surface area contributed by atoms with Gasteiger partial charge in [-0.25, -0.2) is 4.79 Å². The largest absolute Gasteiger partial charge is 0.450 e. The van der Waals surface area contributed by atoms with Crippen molar-refractivity contribution in [3.05, 3.63) is 0 Å². The molecule has 25 heavy (non-hydrogen) atoms. The van der Waals surface area contributed by atoms with Crippen LogP contribution < -0.4 is 5.32 Å². The Kier molecular flexibility index (Phi) is 8.00. The van der Waals surface area contributed by atoms with Gasteiger partial charge in [0.1, 0.15) is 0 Å². The van der Waals surface area contributed by atoms with Gasteiger partial charge in [-0.1, -0.05) is 13.8 Å². The zero-order valence-electron chi connectivity index (χ0n) is 16.1. The van der Waals surface area contributed by atoms with Crippen LogP contribution >= 0.6 is 0 Å². The predicted octanol–water partition coefficient (Wildman–Crippen LogP) is 2.48. The fraction of sp³-hybridized carbons (Fsp3) is 0.895. The molecule has 0 aromatic carbocycles. The summed E-state index contributed by atoms with van der Waals surface area (Å²) in [7, 11) is 0. The van der Waals surface area contributed by atoms with Crippen molar-refractivity contribution in [3.8, 4) is 0 Å². The van der Waals surface area contributed by atoms with Gasteiger partial charge >= 0.3 is 6.09 Å². The molecule has 2 rings (SSSR count). The van der Waals surface area contributed by atoms with E-state index in [0.717, 1.165) is 64.8 Å². The van der Waals surface area contributed by atoms with E-state index in [-0.39, 0.29) is 17.9 Å². The summed E-state index contributed by atoms with van der Waals surface area (Å²) in [5.74, 6) is 0.886. The van der Waals surface area contributed by atoms with Crippen LogP contribution in [-0.2, 0) is 9.53 Å². The summed E-state index contributed by atoms with van der Waals surface area (Å²) in [6.07, 6.45) is 4.87. The van der Waals surface area contributed by atoms with Crippen LogP contribution in [0.2, 0.25) is 0 Å². The van der Waals surface area contributed by atoms with Crippen LogP contribution in [0.15, 0.2) is 0 Å². The number of nitrogens with one attached hydrogen (secondary N) is 1. The maximum Gasteiger partial charge on any atom is 0.409 e. The van der Waals surface area contributed by atoms with Crippen molar-refractivity contribution in [1.82, 2.24) is 15.1 Å². The molecular formula is C19H35N3O3.